The molecule has 6 nitrogen and oxygen atoms in total. The van der Waals surface area contributed by atoms with Crippen molar-refractivity contribution < 1.29 is 23.5 Å². The van der Waals surface area contributed by atoms with Gasteiger partial charge in [-0.2, -0.15) is 0 Å². The number of carbonyl (C=O) groups excluding carboxylic acids is 1. The van der Waals surface area contributed by atoms with Gasteiger partial charge in [0.05, 0.1) is 6.54 Å². The molecular formula is C16H21F2N3O3. The van der Waals surface area contributed by atoms with E-state index in [2.05, 4.69) is 10.6 Å². The third kappa shape index (κ3) is 4.89. The van der Waals surface area contributed by atoms with Gasteiger partial charge in [-0.3, -0.25) is 9.69 Å². The number of carboxylic acids is 1. The summed E-state index contributed by atoms with van der Waals surface area (Å²) in [5.74, 6) is -0.870. The highest BCUT2D eigenvalue weighted by Gasteiger charge is 2.34. The number of likely N-dealkylation sites (N-methyl/N-ethyl adjacent to an activating group) is 1. The first kappa shape index (κ1) is 18.1. The number of halogens is 2. The van der Waals surface area contributed by atoms with Crippen LogP contribution in [-0.2, 0) is 4.79 Å². The minimum absolute atomic E-state index is 0.0134. The molecule has 0 radical (unpaired) electrons. The third-order valence-electron chi connectivity index (χ3n) is 4.11. The summed E-state index contributed by atoms with van der Waals surface area (Å²) in [6.07, 6.45) is -1.24. The lowest BCUT2D eigenvalue weighted by Crippen LogP contribution is -2.55. The summed E-state index contributed by atoms with van der Waals surface area (Å²) in [7, 11) is 0. The predicted molar refractivity (Wildman–Crippen MR) is 85.2 cm³/mol. The molecule has 1 saturated carbocycles. The molecule has 132 valence electrons. The largest absolute Gasteiger partial charge is 0.480 e. The molecule has 24 heavy (non-hydrogen) atoms. The number of carboxylic acid groups (broad SMARTS) is 1. The van der Waals surface area contributed by atoms with Crippen LogP contribution in [0.5, 0.6) is 0 Å². The Hall–Kier alpha value is -2.22. The van der Waals surface area contributed by atoms with Gasteiger partial charge >= 0.3 is 12.0 Å². The molecule has 0 spiro atoms. The van der Waals surface area contributed by atoms with Crippen molar-refractivity contribution >= 4 is 17.7 Å². The van der Waals surface area contributed by atoms with E-state index in [0.29, 0.717) is 25.1 Å². The van der Waals surface area contributed by atoms with Crippen LogP contribution in [0.15, 0.2) is 24.3 Å². The number of nitrogens with zero attached hydrogens (tertiary/aromatic N) is 1. The van der Waals surface area contributed by atoms with Crippen LogP contribution in [0.4, 0.5) is 19.3 Å². The molecule has 0 unspecified atom stereocenters. The van der Waals surface area contributed by atoms with Crippen molar-refractivity contribution in [1.82, 2.24) is 10.2 Å². The molecule has 1 aromatic rings. The second kappa shape index (κ2) is 8.05. The number of urea groups is 1. The lowest BCUT2D eigenvalue weighted by Gasteiger charge is -2.42. The summed E-state index contributed by atoms with van der Waals surface area (Å²) in [4.78, 5) is 24.5. The Morgan fingerprint density at radius 3 is 2.67 bits per heavy atom. The topological polar surface area (TPSA) is 81.7 Å². The van der Waals surface area contributed by atoms with Crippen LogP contribution in [0.2, 0.25) is 0 Å². The van der Waals surface area contributed by atoms with Gasteiger partial charge < -0.3 is 15.7 Å². The number of anilines is 1. The number of nitrogens with one attached hydrogen (secondary N) is 2. The number of amides is 2. The van der Waals surface area contributed by atoms with Crippen molar-refractivity contribution in [3.63, 3.8) is 0 Å². The van der Waals surface area contributed by atoms with Crippen LogP contribution < -0.4 is 10.6 Å². The fourth-order valence-electron chi connectivity index (χ4n) is 2.78. The number of rotatable bonds is 7. The lowest BCUT2D eigenvalue weighted by molar-refractivity contribution is -0.139. The number of benzene rings is 1. The van der Waals surface area contributed by atoms with Crippen molar-refractivity contribution in [1.29, 1.82) is 0 Å². The Kier molecular flexibility index (Phi) is 6.08. The quantitative estimate of drug-likeness (QED) is 0.712. The summed E-state index contributed by atoms with van der Waals surface area (Å²) in [5.41, 5.74) is 0.158. The van der Waals surface area contributed by atoms with E-state index in [1.54, 1.807) is 6.07 Å². The van der Waals surface area contributed by atoms with E-state index < -0.39 is 18.4 Å². The van der Waals surface area contributed by atoms with Crippen LogP contribution in [0.3, 0.4) is 0 Å². The highest BCUT2D eigenvalue weighted by molar-refractivity contribution is 5.89. The first-order chi connectivity index (χ1) is 11.4. The van der Waals surface area contributed by atoms with E-state index in [0.717, 1.165) is 0 Å². The normalized spacial score (nSPS) is 19.9. The Morgan fingerprint density at radius 1 is 1.38 bits per heavy atom. The Morgan fingerprint density at radius 2 is 2.08 bits per heavy atom. The highest BCUT2D eigenvalue weighted by atomic mass is 19.3. The number of alkyl halides is 2. The Bertz CT molecular complexity index is 592. The second-order valence-corrected chi connectivity index (χ2v) is 5.80. The Balaban J connectivity index is 1.78. The average Bonchev–Trinajstić information content (AvgIpc) is 2.48. The molecule has 0 heterocycles. The smallest absolute Gasteiger partial charge is 0.319 e. The molecule has 0 aromatic heterocycles. The van der Waals surface area contributed by atoms with Crippen molar-refractivity contribution in [3.8, 4) is 0 Å². The molecule has 2 amide bonds. The van der Waals surface area contributed by atoms with E-state index >= 15 is 0 Å². The minimum Gasteiger partial charge on any atom is -0.480 e. The molecule has 1 aliphatic carbocycles. The predicted octanol–water partition coefficient (Wildman–Crippen LogP) is 2.68. The fourth-order valence-corrected chi connectivity index (χ4v) is 2.78. The van der Waals surface area contributed by atoms with E-state index in [4.69, 9.17) is 5.11 Å². The van der Waals surface area contributed by atoms with Crippen LogP contribution in [0, 0.1) is 0 Å². The van der Waals surface area contributed by atoms with Gasteiger partial charge in [-0.25, -0.2) is 13.6 Å². The highest BCUT2D eigenvalue weighted by Crippen LogP contribution is 2.26. The SMILES string of the molecule is CCN(CC(=O)O)C1CC(NC(=O)Nc2cccc(C(F)F)c2)C1. The summed E-state index contributed by atoms with van der Waals surface area (Å²) in [6.45, 7) is 2.52. The van der Waals surface area contributed by atoms with Crippen LogP contribution in [0.1, 0.15) is 31.8 Å². The maximum absolute atomic E-state index is 12.6. The van der Waals surface area contributed by atoms with Gasteiger partial charge in [0, 0.05) is 23.3 Å². The van der Waals surface area contributed by atoms with Gasteiger partial charge in [0.25, 0.3) is 6.43 Å². The molecule has 0 atom stereocenters. The molecule has 0 saturated heterocycles. The van der Waals surface area contributed by atoms with E-state index in [1.807, 2.05) is 11.8 Å². The Labute approximate surface area is 138 Å². The molecule has 1 aliphatic rings. The first-order valence-electron chi connectivity index (χ1n) is 7.80. The standard InChI is InChI=1S/C16H21F2N3O3/c1-2-21(9-14(22)23)13-7-12(8-13)20-16(24)19-11-5-3-4-10(6-11)15(17)18/h3-6,12-13,15H,2,7-9H2,1H3,(H,22,23)(H2,19,20,24). The van der Waals surface area contributed by atoms with Gasteiger partial charge in [-0.05, 0) is 31.5 Å². The van der Waals surface area contributed by atoms with Crippen molar-refractivity contribution in [3.05, 3.63) is 29.8 Å². The molecule has 2 rings (SSSR count). The second-order valence-electron chi connectivity index (χ2n) is 5.80. The molecule has 3 N–H and O–H groups in total. The summed E-state index contributed by atoms with van der Waals surface area (Å²) < 4.78 is 25.3. The average molecular weight is 341 g/mol. The zero-order chi connectivity index (χ0) is 17.7. The summed E-state index contributed by atoms with van der Waals surface area (Å²) >= 11 is 0. The number of hydrogen-bond donors (Lipinski definition) is 3. The van der Waals surface area contributed by atoms with Crippen molar-refractivity contribution in [2.24, 2.45) is 0 Å². The van der Waals surface area contributed by atoms with Crippen LogP contribution in [-0.4, -0.2) is 47.2 Å². The fraction of sp³-hybridized carbons (Fsp3) is 0.500. The van der Waals surface area contributed by atoms with Crippen LogP contribution >= 0.6 is 0 Å². The van der Waals surface area contributed by atoms with E-state index in [-0.39, 0.29) is 24.2 Å². The molecule has 8 heteroatoms. The van der Waals surface area contributed by atoms with Gasteiger partial charge in [-0.15, -0.1) is 0 Å². The maximum atomic E-state index is 12.6. The van der Waals surface area contributed by atoms with Gasteiger partial charge in [0.2, 0.25) is 0 Å². The minimum atomic E-state index is -2.59. The molecular weight excluding hydrogens is 320 g/mol. The van der Waals surface area contributed by atoms with Gasteiger partial charge in [-0.1, -0.05) is 19.1 Å². The maximum Gasteiger partial charge on any atom is 0.319 e. The molecule has 0 aliphatic heterocycles. The van der Waals surface area contributed by atoms with E-state index in [9.17, 15) is 18.4 Å². The zero-order valence-electron chi connectivity index (χ0n) is 13.3. The third-order valence-corrected chi connectivity index (χ3v) is 4.11. The lowest BCUT2D eigenvalue weighted by atomic mass is 9.85. The zero-order valence-corrected chi connectivity index (χ0v) is 13.3. The molecule has 0 bridgehead atoms. The van der Waals surface area contributed by atoms with E-state index in [1.165, 1.54) is 18.2 Å². The van der Waals surface area contributed by atoms with Crippen molar-refractivity contribution in [2.45, 2.75) is 38.3 Å². The monoisotopic (exact) mass is 341 g/mol. The first-order valence-corrected chi connectivity index (χ1v) is 7.80. The van der Waals surface area contributed by atoms with Crippen LogP contribution in [0.25, 0.3) is 0 Å². The van der Waals surface area contributed by atoms with Gasteiger partial charge in [0.1, 0.15) is 0 Å². The summed E-state index contributed by atoms with van der Waals surface area (Å²) in [6, 6.07) is 5.18. The van der Waals surface area contributed by atoms with Crippen molar-refractivity contribution in [2.75, 3.05) is 18.4 Å². The molecule has 1 fully saturated rings. The molecule has 1 aromatic carbocycles. The number of hydrogen-bond acceptors (Lipinski definition) is 3. The number of carbonyl (C=O) groups is 2. The van der Waals surface area contributed by atoms with Gasteiger partial charge in [0.15, 0.2) is 0 Å². The summed E-state index contributed by atoms with van der Waals surface area (Å²) in [5, 5.41) is 14.1. The number of aliphatic carboxylic acids is 1.